The van der Waals surface area contributed by atoms with Crippen LogP contribution in [0.5, 0.6) is 0 Å². The summed E-state index contributed by atoms with van der Waals surface area (Å²) in [6.45, 7) is 2.82. The van der Waals surface area contributed by atoms with E-state index in [0.29, 0.717) is 0 Å². The first-order valence-corrected chi connectivity index (χ1v) is 8.43. The summed E-state index contributed by atoms with van der Waals surface area (Å²) >= 11 is 0. The van der Waals surface area contributed by atoms with Crippen molar-refractivity contribution in [2.24, 2.45) is 0 Å². The Balaban J connectivity index is 2.74. The number of esters is 1. The van der Waals surface area contributed by atoms with E-state index < -0.39 is 28.6 Å². The van der Waals surface area contributed by atoms with Crippen LogP contribution < -0.4 is 0 Å². The number of hydrogen-bond acceptors (Lipinski definition) is 5. The molecule has 0 aliphatic heterocycles. The van der Waals surface area contributed by atoms with Crippen LogP contribution >= 0.6 is 0 Å². The number of carbonyl (C=O) groups excluding carboxylic acids is 2. The van der Waals surface area contributed by atoms with Gasteiger partial charge in [0.1, 0.15) is 6.54 Å². The first-order valence-electron chi connectivity index (χ1n) is 6.99. The Morgan fingerprint density at radius 1 is 1.13 bits per heavy atom. The number of aryl methyl sites for hydroxylation is 1. The SMILES string of the molecule is Cc1ccc(S(=O)(=O)N(C)CC(=O)O[C@@H](C)C(=O)N(C)C)cc1. The average Bonchev–Trinajstić information content (AvgIpc) is 2.46. The van der Waals surface area contributed by atoms with Gasteiger partial charge in [0.15, 0.2) is 6.10 Å². The van der Waals surface area contributed by atoms with Gasteiger partial charge in [0.2, 0.25) is 10.0 Å². The number of sulfonamides is 1. The second kappa shape index (κ2) is 7.56. The predicted molar refractivity (Wildman–Crippen MR) is 85.2 cm³/mol. The molecule has 0 spiro atoms. The Labute approximate surface area is 136 Å². The maximum absolute atomic E-state index is 12.3. The van der Waals surface area contributed by atoms with Gasteiger partial charge in [0.05, 0.1) is 4.90 Å². The van der Waals surface area contributed by atoms with Crippen LogP contribution in [0.2, 0.25) is 0 Å². The smallest absolute Gasteiger partial charge is 0.322 e. The third-order valence-corrected chi connectivity index (χ3v) is 5.00. The maximum atomic E-state index is 12.3. The molecule has 0 bridgehead atoms. The van der Waals surface area contributed by atoms with Gasteiger partial charge in [-0.05, 0) is 26.0 Å². The van der Waals surface area contributed by atoms with Crippen molar-refractivity contribution >= 4 is 21.9 Å². The van der Waals surface area contributed by atoms with Gasteiger partial charge in [-0.1, -0.05) is 17.7 Å². The van der Waals surface area contributed by atoms with Gasteiger partial charge in [-0.25, -0.2) is 8.42 Å². The van der Waals surface area contributed by atoms with Gasteiger partial charge < -0.3 is 9.64 Å². The first-order chi connectivity index (χ1) is 10.6. The topological polar surface area (TPSA) is 84.0 Å². The van der Waals surface area contributed by atoms with Crippen molar-refractivity contribution in [2.75, 3.05) is 27.7 Å². The molecule has 0 aliphatic rings. The third kappa shape index (κ3) is 5.04. The minimum Gasteiger partial charge on any atom is -0.452 e. The summed E-state index contributed by atoms with van der Waals surface area (Å²) in [5.41, 5.74) is 0.932. The van der Waals surface area contributed by atoms with Crippen molar-refractivity contribution in [3.8, 4) is 0 Å². The highest BCUT2D eigenvalue weighted by Crippen LogP contribution is 2.15. The Kier molecular flexibility index (Phi) is 6.28. The van der Waals surface area contributed by atoms with Crippen LogP contribution in [0.4, 0.5) is 0 Å². The lowest BCUT2D eigenvalue weighted by Gasteiger charge is -2.20. The van der Waals surface area contributed by atoms with Gasteiger partial charge in [0.25, 0.3) is 5.91 Å². The molecule has 1 aromatic rings. The molecule has 0 unspecified atom stereocenters. The van der Waals surface area contributed by atoms with Gasteiger partial charge in [0, 0.05) is 21.1 Å². The summed E-state index contributed by atoms with van der Waals surface area (Å²) in [6.07, 6.45) is -0.965. The Hall–Kier alpha value is -1.93. The van der Waals surface area contributed by atoms with Crippen molar-refractivity contribution < 1.29 is 22.7 Å². The molecular formula is C15H22N2O5S. The Morgan fingerprint density at radius 2 is 1.65 bits per heavy atom. The zero-order valence-corrected chi connectivity index (χ0v) is 14.8. The minimum atomic E-state index is -3.79. The molecule has 0 N–H and O–H groups in total. The molecule has 1 atom stereocenters. The molecule has 128 valence electrons. The van der Waals surface area contributed by atoms with E-state index in [-0.39, 0.29) is 10.8 Å². The highest BCUT2D eigenvalue weighted by atomic mass is 32.2. The third-order valence-electron chi connectivity index (χ3n) is 3.18. The molecule has 0 saturated carbocycles. The molecule has 1 amide bonds. The summed E-state index contributed by atoms with van der Waals surface area (Å²) in [4.78, 5) is 24.8. The maximum Gasteiger partial charge on any atom is 0.322 e. The van der Waals surface area contributed by atoms with E-state index in [9.17, 15) is 18.0 Å². The van der Waals surface area contributed by atoms with Crippen molar-refractivity contribution in [3.05, 3.63) is 29.8 Å². The highest BCUT2D eigenvalue weighted by Gasteiger charge is 2.26. The number of hydrogen-bond donors (Lipinski definition) is 0. The molecule has 0 saturated heterocycles. The fourth-order valence-electron chi connectivity index (χ4n) is 1.81. The molecule has 8 heteroatoms. The molecule has 0 heterocycles. The summed E-state index contributed by atoms with van der Waals surface area (Å²) in [7, 11) is 0.585. The van der Waals surface area contributed by atoms with Crippen LogP contribution in [0.3, 0.4) is 0 Å². The van der Waals surface area contributed by atoms with Crippen LogP contribution in [-0.4, -0.2) is 63.3 Å². The van der Waals surface area contributed by atoms with Crippen LogP contribution in [0, 0.1) is 6.92 Å². The lowest BCUT2D eigenvalue weighted by molar-refractivity contribution is -0.157. The lowest BCUT2D eigenvalue weighted by atomic mass is 10.2. The van der Waals surface area contributed by atoms with Crippen molar-refractivity contribution in [1.29, 1.82) is 0 Å². The number of carbonyl (C=O) groups is 2. The molecule has 0 aliphatic carbocycles. The normalized spacial score (nSPS) is 12.8. The van der Waals surface area contributed by atoms with E-state index in [2.05, 4.69) is 0 Å². The molecule has 0 fully saturated rings. The molecule has 23 heavy (non-hydrogen) atoms. The van der Waals surface area contributed by atoms with E-state index in [1.165, 1.54) is 31.0 Å². The molecular weight excluding hydrogens is 320 g/mol. The zero-order chi connectivity index (χ0) is 17.8. The number of nitrogens with zero attached hydrogens (tertiary/aromatic N) is 2. The molecule has 0 aromatic heterocycles. The van der Waals surface area contributed by atoms with Crippen LogP contribution in [0.15, 0.2) is 29.2 Å². The molecule has 1 aromatic carbocycles. The number of likely N-dealkylation sites (N-methyl/N-ethyl adjacent to an activating group) is 2. The number of amides is 1. The fraction of sp³-hybridized carbons (Fsp3) is 0.467. The van der Waals surface area contributed by atoms with E-state index in [4.69, 9.17) is 4.74 Å². The van der Waals surface area contributed by atoms with Crippen molar-refractivity contribution in [3.63, 3.8) is 0 Å². The number of ether oxygens (including phenoxy) is 1. The number of rotatable bonds is 6. The minimum absolute atomic E-state index is 0.0933. The lowest BCUT2D eigenvalue weighted by Crippen LogP contribution is -2.38. The van der Waals surface area contributed by atoms with Gasteiger partial charge in [-0.2, -0.15) is 4.31 Å². The summed E-state index contributed by atoms with van der Waals surface area (Å²) in [6, 6.07) is 6.31. The van der Waals surface area contributed by atoms with Crippen LogP contribution in [-0.2, 0) is 24.3 Å². The summed E-state index contributed by atoms with van der Waals surface area (Å²) in [5, 5.41) is 0. The average molecular weight is 342 g/mol. The standard InChI is InChI=1S/C15H22N2O5S/c1-11-6-8-13(9-7-11)23(20,21)17(5)10-14(18)22-12(2)15(19)16(3)4/h6-9,12H,10H2,1-5H3/t12-/m0/s1. The monoisotopic (exact) mass is 342 g/mol. The largest absolute Gasteiger partial charge is 0.452 e. The molecule has 7 nitrogen and oxygen atoms in total. The van der Waals surface area contributed by atoms with Crippen molar-refractivity contribution in [2.45, 2.75) is 24.8 Å². The van der Waals surface area contributed by atoms with Gasteiger partial charge >= 0.3 is 5.97 Å². The van der Waals surface area contributed by atoms with Crippen molar-refractivity contribution in [1.82, 2.24) is 9.21 Å². The summed E-state index contributed by atoms with van der Waals surface area (Å²) in [5.74, 6) is -1.16. The number of benzene rings is 1. The predicted octanol–water partition coefficient (Wildman–Crippen LogP) is 0.635. The van der Waals surface area contributed by atoms with E-state index in [1.54, 1.807) is 26.2 Å². The second-order valence-electron chi connectivity index (χ2n) is 5.44. The summed E-state index contributed by atoms with van der Waals surface area (Å²) < 4.78 is 30.6. The fourth-order valence-corrected chi connectivity index (χ4v) is 2.92. The zero-order valence-electron chi connectivity index (χ0n) is 13.9. The first kappa shape index (κ1) is 19.1. The molecule has 0 radical (unpaired) electrons. The Morgan fingerprint density at radius 3 is 2.13 bits per heavy atom. The van der Waals surface area contributed by atoms with Crippen LogP contribution in [0.1, 0.15) is 12.5 Å². The molecule has 1 rings (SSSR count). The van der Waals surface area contributed by atoms with E-state index in [0.717, 1.165) is 9.87 Å². The second-order valence-corrected chi connectivity index (χ2v) is 7.48. The highest BCUT2D eigenvalue weighted by molar-refractivity contribution is 7.89. The van der Waals surface area contributed by atoms with Crippen LogP contribution in [0.25, 0.3) is 0 Å². The van der Waals surface area contributed by atoms with E-state index >= 15 is 0 Å². The van der Waals surface area contributed by atoms with Gasteiger partial charge in [-0.15, -0.1) is 0 Å². The Bertz CT molecular complexity index is 668. The van der Waals surface area contributed by atoms with Gasteiger partial charge in [-0.3, -0.25) is 9.59 Å². The quantitative estimate of drug-likeness (QED) is 0.708. The van der Waals surface area contributed by atoms with E-state index in [1.807, 2.05) is 6.92 Å².